The van der Waals surface area contributed by atoms with Gasteiger partial charge in [0.1, 0.15) is 0 Å². The Bertz CT molecular complexity index is 1180. The Kier molecular flexibility index (Phi) is 5.12. The van der Waals surface area contributed by atoms with Gasteiger partial charge in [0.05, 0.1) is 0 Å². The number of hydrogen-bond acceptors (Lipinski definition) is 2. The van der Waals surface area contributed by atoms with E-state index in [0.717, 1.165) is 26.5 Å². The Morgan fingerprint density at radius 2 is 1.48 bits per heavy atom. The van der Waals surface area contributed by atoms with Crippen molar-refractivity contribution in [2.75, 3.05) is 0 Å². The van der Waals surface area contributed by atoms with Crippen molar-refractivity contribution in [1.82, 2.24) is 0 Å². The summed E-state index contributed by atoms with van der Waals surface area (Å²) in [4.78, 5) is 12.8. The van der Waals surface area contributed by atoms with E-state index in [2.05, 4.69) is 6.07 Å². The molecule has 1 aromatic heterocycles. The first kappa shape index (κ1) is 18.3. The number of halogens is 2. The van der Waals surface area contributed by atoms with Gasteiger partial charge < -0.3 is 0 Å². The summed E-state index contributed by atoms with van der Waals surface area (Å²) in [5.41, 5.74) is 3.26. The van der Waals surface area contributed by atoms with E-state index in [1.54, 1.807) is 0 Å². The van der Waals surface area contributed by atoms with E-state index in [0.29, 0.717) is 20.1 Å². The second-order valence-corrected chi connectivity index (χ2v) is 9.30. The Morgan fingerprint density at radius 3 is 2.15 bits per heavy atom. The third kappa shape index (κ3) is 3.83. The van der Waals surface area contributed by atoms with Gasteiger partial charge in [0.15, 0.2) is 0 Å². The van der Waals surface area contributed by atoms with Gasteiger partial charge in [-0.05, 0) is 0 Å². The Labute approximate surface area is 172 Å². The van der Waals surface area contributed by atoms with Crippen LogP contribution in [0.4, 0.5) is 0 Å². The summed E-state index contributed by atoms with van der Waals surface area (Å²) in [6, 6.07) is 21.0. The molecular formula is C22H14Cl2O2Se. The molecule has 2 nitrogen and oxygen atoms in total. The van der Waals surface area contributed by atoms with Crippen molar-refractivity contribution < 1.29 is 4.42 Å². The van der Waals surface area contributed by atoms with E-state index >= 15 is 0 Å². The molecule has 0 radical (unpaired) electrons. The van der Waals surface area contributed by atoms with Gasteiger partial charge in [0.25, 0.3) is 0 Å². The van der Waals surface area contributed by atoms with Crippen LogP contribution in [0.2, 0.25) is 10.0 Å². The predicted molar refractivity (Wildman–Crippen MR) is 114 cm³/mol. The van der Waals surface area contributed by atoms with Crippen molar-refractivity contribution in [3.05, 3.63) is 92.8 Å². The second-order valence-electron chi connectivity index (χ2n) is 6.16. The third-order valence-corrected chi connectivity index (χ3v) is 6.96. The molecule has 0 aliphatic heterocycles. The zero-order chi connectivity index (χ0) is 19.0. The molecule has 0 amide bonds. The van der Waals surface area contributed by atoms with Crippen LogP contribution in [0, 0.1) is 6.92 Å². The zero-order valence-corrected chi connectivity index (χ0v) is 17.6. The number of rotatable bonds is 3. The summed E-state index contributed by atoms with van der Waals surface area (Å²) >= 11 is 11.8. The summed E-state index contributed by atoms with van der Waals surface area (Å²) in [5.74, 6) is 0. The van der Waals surface area contributed by atoms with E-state index in [-0.39, 0.29) is 20.6 Å². The van der Waals surface area contributed by atoms with Gasteiger partial charge in [0, 0.05) is 0 Å². The molecule has 0 N–H and O–H groups in total. The maximum atomic E-state index is 12.8. The summed E-state index contributed by atoms with van der Waals surface area (Å²) in [5, 5.41) is 2.27. The fourth-order valence-corrected chi connectivity index (χ4v) is 5.19. The van der Waals surface area contributed by atoms with Crippen molar-refractivity contribution in [1.29, 1.82) is 0 Å². The monoisotopic (exact) mass is 460 g/mol. The van der Waals surface area contributed by atoms with Crippen LogP contribution in [-0.2, 0) is 0 Å². The van der Waals surface area contributed by atoms with Gasteiger partial charge in [-0.2, -0.15) is 0 Å². The third-order valence-electron chi connectivity index (χ3n) is 4.19. The standard InChI is InChI=1S/C22H14Cl2O2Se/c1-13-2-11-19-18(12-13)20(14-3-5-15(23)6-4-14)21(22(25)26-19)27-17-9-7-16(24)8-10-17/h2-12H,1H3. The fourth-order valence-electron chi connectivity index (χ4n) is 2.92. The maximum absolute atomic E-state index is 12.8. The van der Waals surface area contributed by atoms with Gasteiger partial charge in [-0.1, -0.05) is 0 Å². The summed E-state index contributed by atoms with van der Waals surface area (Å²) < 4.78 is 7.38. The quantitative estimate of drug-likeness (QED) is 0.327. The molecule has 4 rings (SSSR count). The molecule has 134 valence electrons. The Hall–Kier alpha value is -2.03. The van der Waals surface area contributed by atoms with Crippen molar-refractivity contribution in [2.45, 2.75) is 6.92 Å². The van der Waals surface area contributed by atoms with Crippen LogP contribution in [0.15, 0.2) is 75.9 Å². The number of benzene rings is 3. The first-order valence-corrected chi connectivity index (χ1v) is 10.7. The van der Waals surface area contributed by atoms with Crippen LogP contribution >= 0.6 is 23.2 Å². The van der Waals surface area contributed by atoms with Crippen LogP contribution in [-0.4, -0.2) is 15.0 Å². The fraction of sp³-hybridized carbons (Fsp3) is 0.0455. The van der Waals surface area contributed by atoms with Crippen molar-refractivity contribution in [2.24, 2.45) is 0 Å². The van der Waals surface area contributed by atoms with E-state index < -0.39 is 0 Å². The molecule has 0 spiro atoms. The molecule has 0 saturated heterocycles. The van der Waals surface area contributed by atoms with Crippen LogP contribution in [0.25, 0.3) is 22.1 Å². The van der Waals surface area contributed by atoms with Gasteiger partial charge in [0.2, 0.25) is 0 Å². The minimum absolute atomic E-state index is 0.224. The first-order chi connectivity index (χ1) is 13.0. The molecule has 0 atom stereocenters. The second kappa shape index (κ2) is 7.53. The Balaban J connectivity index is 2.00. The molecule has 0 bridgehead atoms. The van der Waals surface area contributed by atoms with E-state index in [4.69, 9.17) is 27.6 Å². The first-order valence-electron chi connectivity index (χ1n) is 8.28. The average Bonchev–Trinajstić information content (AvgIpc) is 2.65. The molecular weight excluding hydrogens is 446 g/mol. The molecule has 5 heteroatoms. The summed E-state index contributed by atoms with van der Waals surface area (Å²) in [6.45, 7) is 2.03. The molecule has 0 aliphatic rings. The van der Waals surface area contributed by atoms with E-state index in [9.17, 15) is 4.79 Å². The predicted octanol–water partition coefficient (Wildman–Crippen LogP) is 4.73. The SMILES string of the molecule is Cc1ccc2oc(=O)c([Se]c3ccc(Cl)cc3)c(-c3ccc(Cl)cc3)c2c1. The van der Waals surface area contributed by atoms with Crippen molar-refractivity contribution >= 4 is 58.1 Å². The van der Waals surface area contributed by atoms with Crippen LogP contribution in [0.1, 0.15) is 5.56 Å². The Morgan fingerprint density at radius 1 is 0.852 bits per heavy atom. The van der Waals surface area contributed by atoms with Gasteiger partial charge >= 0.3 is 173 Å². The van der Waals surface area contributed by atoms with Gasteiger partial charge in [-0.15, -0.1) is 0 Å². The molecule has 3 aromatic carbocycles. The van der Waals surface area contributed by atoms with Crippen LogP contribution in [0.3, 0.4) is 0 Å². The number of fused-ring (bicyclic) bond motifs is 1. The molecule has 4 aromatic rings. The summed E-state index contributed by atoms with van der Waals surface area (Å²) in [6.07, 6.45) is 0. The van der Waals surface area contributed by atoms with Crippen LogP contribution in [0.5, 0.6) is 0 Å². The minimum atomic E-state index is -0.300. The number of aryl methyl sites for hydroxylation is 1. The topological polar surface area (TPSA) is 30.2 Å². The van der Waals surface area contributed by atoms with Crippen molar-refractivity contribution in [3.8, 4) is 11.1 Å². The molecule has 0 aliphatic carbocycles. The summed E-state index contributed by atoms with van der Waals surface area (Å²) in [7, 11) is 0. The van der Waals surface area contributed by atoms with Gasteiger partial charge in [-0.25, -0.2) is 0 Å². The molecule has 0 saturated carbocycles. The molecule has 27 heavy (non-hydrogen) atoms. The molecule has 0 unspecified atom stereocenters. The van der Waals surface area contributed by atoms with Crippen molar-refractivity contribution in [3.63, 3.8) is 0 Å². The average molecular weight is 460 g/mol. The van der Waals surface area contributed by atoms with Gasteiger partial charge in [-0.3, -0.25) is 0 Å². The molecule has 1 heterocycles. The van der Waals surface area contributed by atoms with E-state index in [1.807, 2.05) is 67.6 Å². The normalized spacial score (nSPS) is 11.1. The van der Waals surface area contributed by atoms with Crippen LogP contribution < -0.4 is 14.5 Å². The van der Waals surface area contributed by atoms with E-state index in [1.165, 1.54) is 0 Å². The number of hydrogen-bond donors (Lipinski definition) is 0. The zero-order valence-electron chi connectivity index (χ0n) is 14.3. The molecule has 0 fully saturated rings.